The molecule has 0 fully saturated rings. The van der Waals surface area contributed by atoms with Crippen molar-refractivity contribution >= 4 is 48.6 Å². The van der Waals surface area contributed by atoms with Gasteiger partial charge in [0.15, 0.2) is 0 Å². The van der Waals surface area contributed by atoms with Gasteiger partial charge in [0.05, 0.1) is 14.7 Å². The normalized spacial score (nSPS) is 19.7. The summed E-state index contributed by atoms with van der Waals surface area (Å²) in [5.74, 6) is 0. The molecule has 1 aliphatic heterocycles. The van der Waals surface area contributed by atoms with Crippen LogP contribution in [0.1, 0.15) is 34.7 Å². The number of thiophene rings is 2. The Kier molecular flexibility index (Phi) is 4.31. The molecule has 2 aromatic heterocycles. The molecule has 0 spiro atoms. The third kappa shape index (κ3) is 2.63. The summed E-state index contributed by atoms with van der Waals surface area (Å²) < 4.78 is 28.6. The second-order valence-corrected chi connectivity index (χ2v) is 10.6. The van der Waals surface area contributed by atoms with Crippen LogP contribution < -0.4 is 0 Å². The molecule has 114 valence electrons. The van der Waals surface area contributed by atoms with Crippen molar-refractivity contribution in [2.45, 2.75) is 37.6 Å². The van der Waals surface area contributed by atoms with Crippen LogP contribution in [0.5, 0.6) is 0 Å². The molecule has 3 rings (SSSR count). The van der Waals surface area contributed by atoms with Gasteiger partial charge >= 0.3 is 0 Å². The number of hydrogen-bond acceptors (Lipinski definition) is 4. The van der Waals surface area contributed by atoms with Gasteiger partial charge in [-0.05, 0) is 58.8 Å². The maximum absolute atomic E-state index is 13.0. The predicted molar refractivity (Wildman–Crippen MR) is 91.7 cm³/mol. The summed E-state index contributed by atoms with van der Waals surface area (Å²) in [4.78, 5) is 2.61. The molecule has 1 atom stereocenters. The molecule has 0 aromatic carbocycles. The molecule has 1 aliphatic rings. The average Bonchev–Trinajstić information content (AvgIpc) is 3.03. The molecule has 1 unspecified atom stereocenters. The largest absolute Gasteiger partial charge is 0.244 e. The van der Waals surface area contributed by atoms with Crippen LogP contribution in [0.2, 0.25) is 0 Å². The minimum absolute atomic E-state index is 0.0388. The van der Waals surface area contributed by atoms with E-state index in [-0.39, 0.29) is 6.04 Å². The zero-order valence-corrected chi connectivity index (χ0v) is 15.8. The predicted octanol–water partition coefficient (Wildman–Crippen LogP) is 4.58. The second-order valence-electron chi connectivity index (χ2n) is 5.06. The molecule has 0 aliphatic carbocycles. The van der Waals surface area contributed by atoms with Gasteiger partial charge in [-0.2, -0.15) is 4.31 Å². The lowest BCUT2D eigenvalue weighted by Gasteiger charge is -2.34. The summed E-state index contributed by atoms with van der Waals surface area (Å²) in [7, 11) is -3.44. The summed E-state index contributed by atoms with van der Waals surface area (Å²) >= 11 is 6.59. The van der Waals surface area contributed by atoms with Gasteiger partial charge in [0.25, 0.3) is 0 Å². The van der Waals surface area contributed by atoms with E-state index in [0.29, 0.717) is 11.4 Å². The van der Waals surface area contributed by atoms with Crippen molar-refractivity contribution in [3.05, 3.63) is 36.6 Å². The van der Waals surface area contributed by atoms with E-state index < -0.39 is 10.0 Å². The van der Waals surface area contributed by atoms with E-state index >= 15 is 0 Å². The highest BCUT2D eigenvalue weighted by molar-refractivity contribution is 9.11. The molecule has 7 heteroatoms. The fourth-order valence-corrected chi connectivity index (χ4v) is 7.89. The Bertz CT molecular complexity index is 763. The van der Waals surface area contributed by atoms with E-state index in [0.717, 1.165) is 21.5 Å². The molecule has 21 heavy (non-hydrogen) atoms. The van der Waals surface area contributed by atoms with E-state index in [2.05, 4.69) is 34.3 Å². The lowest BCUT2D eigenvalue weighted by molar-refractivity contribution is 0.303. The average molecular weight is 406 g/mol. The number of fused-ring (bicyclic) bond motifs is 1. The monoisotopic (exact) mass is 405 g/mol. The van der Waals surface area contributed by atoms with E-state index in [1.807, 2.05) is 6.92 Å². The molecule has 2 aromatic rings. The van der Waals surface area contributed by atoms with Crippen LogP contribution in [0, 0.1) is 6.92 Å². The van der Waals surface area contributed by atoms with Crippen molar-refractivity contribution in [3.8, 4) is 0 Å². The van der Waals surface area contributed by atoms with Crippen molar-refractivity contribution in [2.75, 3.05) is 6.54 Å². The van der Waals surface area contributed by atoms with Crippen molar-refractivity contribution in [3.63, 3.8) is 0 Å². The van der Waals surface area contributed by atoms with Crippen molar-refractivity contribution < 1.29 is 8.42 Å². The lowest BCUT2D eigenvalue weighted by atomic mass is 10.0. The molecule has 3 nitrogen and oxygen atoms in total. The second kappa shape index (κ2) is 5.77. The van der Waals surface area contributed by atoms with Gasteiger partial charge in [-0.15, -0.1) is 22.7 Å². The third-order valence-electron chi connectivity index (χ3n) is 3.86. The van der Waals surface area contributed by atoms with Crippen LogP contribution in [0.25, 0.3) is 0 Å². The molecule has 0 amide bonds. The summed E-state index contributed by atoms with van der Waals surface area (Å²) in [5.41, 5.74) is 1.18. The van der Waals surface area contributed by atoms with Crippen molar-refractivity contribution in [2.24, 2.45) is 0 Å². The van der Waals surface area contributed by atoms with Gasteiger partial charge in [0.1, 0.15) is 0 Å². The van der Waals surface area contributed by atoms with Crippen LogP contribution in [-0.4, -0.2) is 19.3 Å². The minimum atomic E-state index is -3.44. The standard InChI is InChI=1S/C14H16BrNO2S3/c1-3-11-10-5-7-19-12(10)4-6-16(11)21(17,18)13-8-14(15)20-9(13)2/h5,7-8,11H,3-4,6H2,1-2H3. The minimum Gasteiger partial charge on any atom is -0.207 e. The first-order valence-corrected chi connectivity index (χ1v) is 10.7. The molecule has 0 bridgehead atoms. The van der Waals surface area contributed by atoms with Crippen LogP contribution in [-0.2, 0) is 16.4 Å². The van der Waals surface area contributed by atoms with Gasteiger partial charge in [0, 0.05) is 16.3 Å². The Morgan fingerprint density at radius 2 is 2.24 bits per heavy atom. The van der Waals surface area contributed by atoms with Gasteiger partial charge < -0.3 is 0 Å². The van der Waals surface area contributed by atoms with E-state index in [9.17, 15) is 8.42 Å². The molecule has 0 N–H and O–H groups in total. The van der Waals surface area contributed by atoms with Gasteiger partial charge in [-0.1, -0.05) is 6.92 Å². The Labute approximate surface area is 141 Å². The van der Waals surface area contributed by atoms with Gasteiger partial charge in [-0.25, -0.2) is 8.42 Å². The van der Waals surface area contributed by atoms with E-state index in [1.54, 1.807) is 21.7 Å². The number of aryl methyl sites for hydroxylation is 1. The van der Waals surface area contributed by atoms with Crippen LogP contribution in [0.4, 0.5) is 0 Å². The zero-order chi connectivity index (χ0) is 15.2. The third-order valence-corrected chi connectivity index (χ3v) is 8.57. The molecule has 3 heterocycles. The van der Waals surface area contributed by atoms with Gasteiger partial charge in [-0.3, -0.25) is 0 Å². The first-order chi connectivity index (χ1) is 9.95. The fourth-order valence-electron chi connectivity index (χ4n) is 2.90. The fraction of sp³-hybridized carbons (Fsp3) is 0.429. The van der Waals surface area contributed by atoms with Crippen LogP contribution in [0.3, 0.4) is 0 Å². The van der Waals surface area contributed by atoms with Crippen molar-refractivity contribution in [1.82, 2.24) is 4.31 Å². The van der Waals surface area contributed by atoms with Crippen molar-refractivity contribution in [1.29, 1.82) is 0 Å². The number of rotatable bonds is 3. The van der Waals surface area contributed by atoms with E-state index in [4.69, 9.17) is 0 Å². The molecular weight excluding hydrogens is 390 g/mol. The molecule has 0 radical (unpaired) electrons. The topological polar surface area (TPSA) is 37.4 Å². The first kappa shape index (κ1) is 15.7. The highest BCUT2D eigenvalue weighted by Gasteiger charge is 2.37. The zero-order valence-electron chi connectivity index (χ0n) is 11.8. The van der Waals surface area contributed by atoms with E-state index in [1.165, 1.54) is 21.8 Å². The quantitative estimate of drug-likeness (QED) is 0.748. The SMILES string of the molecule is CCC1c2ccsc2CCN1S(=O)(=O)c1cc(Br)sc1C. The van der Waals surface area contributed by atoms with Crippen LogP contribution in [0.15, 0.2) is 26.2 Å². The Hall–Kier alpha value is -0.210. The molecule has 0 saturated carbocycles. The Balaban J connectivity index is 2.05. The number of hydrogen-bond donors (Lipinski definition) is 0. The Morgan fingerprint density at radius 1 is 1.48 bits per heavy atom. The summed E-state index contributed by atoms with van der Waals surface area (Å²) in [6.45, 7) is 4.49. The number of nitrogens with zero attached hydrogens (tertiary/aromatic N) is 1. The molecular formula is C14H16BrNO2S3. The lowest BCUT2D eigenvalue weighted by Crippen LogP contribution is -2.39. The number of sulfonamides is 1. The smallest absolute Gasteiger partial charge is 0.207 e. The first-order valence-electron chi connectivity index (χ1n) is 6.79. The summed E-state index contributed by atoms with van der Waals surface area (Å²) in [6.07, 6.45) is 1.61. The molecule has 0 saturated heterocycles. The maximum atomic E-state index is 13.0. The highest BCUT2D eigenvalue weighted by atomic mass is 79.9. The summed E-state index contributed by atoms with van der Waals surface area (Å²) in [6, 6.07) is 3.76. The Morgan fingerprint density at radius 3 is 2.86 bits per heavy atom. The highest BCUT2D eigenvalue weighted by Crippen LogP contribution is 2.40. The van der Waals surface area contributed by atoms with Gasteiger partial charge in [0.2, 0.25) is 10.0 Å². The van der Waals surface area contributed by atoms with Crippen LogP contribution >= 0.6 is 38.6 Å². The number of halogens is 1. The summed E-state index contributed by atoms with van der Waals surface area (Å²) in [5, 5.41) is 2.07. The maximum Gasteiger partial charge on any atom is 0.244 e.